The van der Waals surface area contributed by atoms with E-state index in [4.69, 9.17) is 28.8 Å². The van der Waals surface area contributed by atoms with Gasteiger partial charge in [-0.25, -0.2) is 20.4 Å². The lowest BCUT2D eigenvalue weighted by Crippen LogP contribution is -2.69. The SMILES string of the molecule is Cl.NC(=O)NNC(=O)N1CC(N)NC(N)C1Cl.O.O. The summed E-state index contributed by atoms with van der Waals surface area (Å²) in [7, 11) is 0. The van der Waals surface area contributed by atoms with Crippen LogP contribution in [0.5, 0.6) is 0 Å². The number of hydrogen-bond acceptors (Lipinski definition) is 5. The third kappa shape index (κ3) is 6.58. The summed E-state index contributed by atoms with van der Waals surface area (Å²) in [6, 6.07) is -1.52. The van der Waals surface area contributed by atoms with E-state index >= 15 is 0 Å². The first-order chi connectivity index (χ1) is 7.41. The quantitative estimate of drug-likeness (QED) is 0.149. The number of halogens is 2. The summed E-state index contributed by atoms with van der Waals surface area (Å²) in [5.41, 5.74) is 19.2. The molecule has 0 bridgehead atoms. The molecule has 13 N–H and O–H groups in total. The Morgan fingerprint density at radius 2 is 1.79 bits per heavy atom. The summed E-state index contributed by atoms with van der Waals surface area (Å²) < 4.78 is 0. The molecule has 0 saturated carbocycles. The maximum Gasteiger partial charge on any atom is 0.337 e. The first-order valence-corrected chi connectivity index (χ1v) is 4.89. The summed E-state index contributed by atoms with van der Waals surface area (Å²) >= 11 is 5.89. The molecule has 1 fully saturated rings. The van der Waals surface area contributed by atoms with Gasteiger partial charge in [-0.05, 0) is 0 Å². The Bertz CT molecular complexity index is 297. The van der Waals surface area contributed by atoms with Gasteiger partial charge in [0.25, 0.3) is 0 Å². The van der Waals surface area contributed by atoms with Crippen LogP contribution in [0.15, 0.2) is 0 Å². The van der Waals surface area contributed by atoms with Crippen molar-refractivity contribution in [2.24, 2.45) is 17.2 Å². The van der Waals surface area contributed by atoms with Crippen LogP contribution in [-0.4, -0.2) is 52.3 Å². The lowest BCUT2D eigenvalue weighted by molar-refractivity contribution is 0.142. The van der Waals surface area contributed by atoms with Crippen molar-refractivity contribution in [1.82, 2.24) is 21.1 Å². The molecular weight excluding hydrogens is 305 g/mol. The Morgan fingerprint density at radius 1 is 1.26 bits per heavy atom. The van der Waals surface area contributed by atoms with Gasteiger partial charge in [-0.2, -0.15) is 0 Å². The molecular formula is C6H19Cl2N7O4. The van der Waals surface area contributed by atoms with E-state index in [9.17, 15) is 9.59 Å². The summed E-state index contributed by atoms with van der Waals surface area (Å²) in [6.07, 6.45) is -1.13. The number of piperazine rings is 1. The average molecular weight is 324 g/mol. The van der Waals surface area contributed by atoms with Crippen molar-refractivity contribution >= 4 is 36.1 Å². The number of carbonyl (C=O) groups is 2. The maximum atomic E-state index is 11.5. The fourth-order valence-electron chi connectivity index (χ4n) is 1.27. The van der Waals surface area contributed by atoms with Crippen LogP contribution in [0.25, 0.3) is 0 Å². The van der Waals surface area contributed by atoms with E-state index in [1.54, 1.807) is 0 Å². The number of primary amides is 1. The highest BCUT2D eigenvalue weighted by atomic mass is 35.5. The van der Waals surface area contributed by atoms with Gasteiger partial charge in [0.05, 0.1) is 18.9 Å². The van der Waals surface area contributed by atoms with E-state index < -0.39 is 29.9 Å². The minimum absolute atomic E-state index is 0. The molecule has 1 heterocycles. The summed E-state index contributed by atoms with van der Waals surface area (Å²) in [6.45, 7) is 0.161. The molecule has 3 unspecified atom stereocenters. The summed E-state index contributed by atoms with van der Waals surface area (Å²) in [4.78, 5) is 23.1. The van der Waals surface area contributed by atoms with E-state index in [0.717, 1.165) is 0 Å². The highest BCUT2D eigenvalue weighted by Crippen LogP contribution is 2.12. The Hall–Kier alpha value is -1.08. The van der Waals surface area contributed by atoms with Gasteiger partial charge in [0, 0.05) is 0 Å². The number of nitrogens with two attached hydrogens (primary N) is 3. The average Bonchev–Trinajstić information content (AvgIpc) is 2.19. The van der Waals surface area contributed by atoms with E-state index in [1.807, 2.05) is 5.43 Å². The first-order valence-electron chi connectivity index (χ1n) is 4.45. The second-order valence-corrected chi connectivity index (χ2v) is 3.69. The fourth-order valence-corrected chi connectivity index (χ4v) is 1.51. The Balaban J connectivity index is -0.000000853. The smallest absolute Gasteiger partial charge is 0.337 e. The van der Waals surface area contributed by atoms with Gasteiger partial charge in [0.15, 0.2) is 0 Å². The van der Waals surface area contributed by atoms with Crippen molar-refractivity contribution in [3.8, 4) is 0 Å². The number of hydrazine groups is 1. The molecule has 1 saturated heterocycles. The van der Waals surface area contributed by atoms with Crippen molar-refractivity contribution in [1.29, 1.82) is 0 Å². The molecule has 1 aliphatic heterocycles. The molecule has 11 nitrogen and oxygen atoms in total. The van der Waals surface area contributed by atoms with E-state index in [1.165, 1.54) is 4.90 Å². The van der Waals surface area contributed by atoms with Gasteiger partial charge >= 0.3 is 12.1 Å². The molecule has 0 spiro atoms. The van der Waals surface area contributed by atoms with Crippen molar-refractivity contribution in [2.75, 3.05) is 6.54 Å². The molecule has 116 valence electrons. The number of amides is 4. The molecule has 0 aliphatic carbocycles. The van der Waals surface area contributed by atoms with Gasteiger partial charge < -0.3 is 33.1 Å². The van der Waals surface area contributed by atoms with E-state index in [-0.39, 0.29) is 29.9 Å². The van der Waals surface area contributed by atoms with Crippen LogP contribution in [-0.2, 0) is 0 Å². The Kier molecular flexibility index (Phi) is 11.9. The number of nitrogens with zero attached hydrogens (tertiary/aromatic N) is 1. The summed E-state index contributed by atoms with van der Waals surface area (Å²) in [5.74, 6) is 0. The summed E-state index contributed by atoms with van der Waals surface area (Å²) in [5, 5.41) is 2.77. The van der Waals surface area contributed by atoms with Crippen LogP contribution in [0, 0.1) is 0 Å². The third-order valence-corrected chi connectivity index (χ3v) is 2.45. The van der Waals surface area contributed by atoms with Gasteiger partial charge in [0.2, 0.25) is 0 Å². The number of rotatable bonds is 0. The van der Waals surface area contributed by atoms with Crippen LogP contribution in [0.1, 0.15) is 0 Å². The zero-order chi connectivity index (χ0) is 12.3. The highest BCUT2D eigenvalue weighted by Gasteiger charge is 2.33. The van der Waals surface area contributed by atoms with Gasteiger partial charge in [-0.3, -0.25) is 5.32 Å². The largest absolute Gasteiger partial charge is 0.412 e. The molecule has 3 atom stereocenters. The highest BCUT2D eigenvalue weighted by molar-refractivity contribution is 6.21. The lowest BCUT2D eigenvalue weighted by atomic mass is 10.3. The molecule has 0 radical (unpaired) electrons. The second-order valence-electron chi connectivity index (χ2n) is 3.24. The monoisotopic (exact) mass is 323 g/mol. The number of nitrogens with one attached hydrogen (secondary N) is 3. The second kappa shape index (κ2) is 9.80. The van der Waals surface area contributed by atoms with Crippen molar-refractivity contribution in [2.45, 2.75) is 17.8 Å². The fraction of sp³-hybridized carbons (Fsp3) is 0.667. The molecule has 13 heteroatoms. The van der Waals surface area contributed by atoms with Crippen molar-refractivity contribution in [3.05, 3.63) is 0 Å². The minimum atomic E-state index is -0.886. The van der Waals surface area contributed by atoms with Crippen LogP contribution < -0.4 is 33.4 Å². The van der Waals surface area contributed by atoms with Crippen LogP contribution in [0.2, 0.25) is 0 Å². The molecule has 1 rings (SSSR count). The van der Waals surface area contributed by atoms with E-state index in [2.05, 4.69) is 10.7 Å². The predicted octanol–water partition coefficient (Wildman–Crippen LogP) is -3.91. The van der Waals surface area contributed by atoms with Gasteiger partial charge in [0.1, 0.15) is 5.50 Å². The molecule has 0 aromatic rings. The standard InChI is InChI=1S/C6H14ClN7O2.ClH.2H2O/c7-3-4(9)11-2(8)1-14(3)6(16)13-12-5(10)15;;;/h2-4,11H,1,8-9H2,(H,13,16)(H3,10,12,15);1H;2*1H2. The van der Waals surface area contributed by atoms with Gasteiger partial charge in [-0.15, -0.1) is 12.4 Å². The Labute approximate surface area is 120 Å². The van der Waals surface area contributed by atoms with E-state index in [0.29, 0.717) is 0 Å². The zero-order valence-electron chi connectivity index (χ0n) is 9.72. The number of carbonyl (C=O) groups excluding carboxylic acids is 2. The molecule has 19 heavy (non-hydrogen) atoms. The topological polar surface area (TPSA) is 215 Å². The predicted molar refractivity (Wildman–Crippen MR) is 71.2 cm³/mol. The number of alkyl halides is 1. The van der Waals surface area contributed by atoms with Crippen LogP contribution >= 0.6 is 24.0 Å². The zero-order valence-corrected chi connectivity index (χ0v) is 11.3. The molecule has 4 amide bonds. The van der Waals surface area contributed by atoms with Crippen LogP contribution in [0.4, 0.5) is 9.59 Å². The van der Waals surface area contributed by atoms with Crippen molar-refractivity contribution < 1.29 is 20.5 Å². The van der Waals surface area contributed by atoms with Crippen LogP contribution in [0.3, 0.4) is 0 Å². The Morgan fingerprint density at radius 3 is 2.26 bits per heavy atom. The normalized spacial score (nSPS) is 25.0. The lowest BCUT2D eigenvalue weighted by Gasteiger charge is -2.39. The maximum absolute atomic E-state index is 11.5. The molecule has 0 aromatic carbocycles. The molecule has 0 aromatic heterocycles. The minimum Gasteiger partial charge on any atom is -0.412 e. The number of urea groups is 2. The molecule has 1 aliphatic rings. The van der Waals surface area contributed by atoms with Crippen molar-refractivity contribution in [3.63, 3.8) is 0 Å². The van der Waals surface area contributed by atoms with Gasteiger partial charge in [-0.1, -0.05) is 11.6 Å². The first kappa shape index (κ1) is 23.0. The number of hydrogen-bond donors (Lipinski definition) is 6. The third-order valence-electron chi connectivity index (χ3n) is 1.95.